The minimum atomic E-state index is -0.217. The van der Waals surface area contributed by atoms with E-state index in [9.17, 15) is 4.79 Å². The third kappa shape index (κ3) is 2.09. The average molecular weight is 189 g/mol. The number of H-pyrrole nitrogens is 1. The van der Waals surface area contributed by atoms with Crippen LogP contribution in [0.1, 0.15) is 6.92 Å². The minimum absolute atomic E-state index is 0.217. The normalized spacial score (nSPS) is 12.0. The Bertz CT molecular complexity index is 383. The summed E-state index contributed by atoms with van der Waals surface area (Å²) in [4.78, 5) is 14.9. The van der Waals surface area contributed by atoms with Gasteiger partial charge < -0.3 is 0 Å². The number of nitrogens with one attached hydrogen (secondary N) is 1. The highest BCUT2D eigenvalue weighted by Crippen LogP contribution is 1.87. The first kappa shape index (κ1) is 8.35. The molecule has 11 heavy (non-hydrogen) atoms. The molecule has 0 fully saturated rings. The van der Waals surface area contributed by atoms with Crippen LogP contribution in [0.15, 0.2) is 4.99 Å². The summed E-state index contributed by atoms with van der Waals surface area (Å²) in [6.45, 7) is 1.41. The maximum atomic E-state index is 10.6. The van der Waals surface area contributed by atoms with E-state index in [-0.39, 0.29) is 5.91 Å². The number of nitrogens with zero attached hydrogens (tertiary/aromatic N) is 2. The second-order valence-electron chi connectivity index (χ2n) is 1.97. The maximum Gasteiger partial charge on any atom is 0.245 e. The summed E-state index contributed by atoms with van der Waals surface area (Å²) in [5.41, 5.74) is 0. The number of carbonyl (C=O) groups is 1. The van der Waals surface area contributed by atoms with Gasteiger partial charge >= 0.3 is 0 Å². The molecule has 0 saturated heterocycles. The number of aromatic amines is 1. The van der Waals surface area contributed by atoms with E-state index in [1.54, 1.807) is 11.7 Å². The third-order valence-corrected chi connectivity index (χ3v) is 2.15. The van der Waals surface area contributed by atoms with E-state index in [2.05, 4.69) is 10.1 Å². The Morgan fingerprint density at radius 2 is 2.45 bits per heavy atom. The van der Waals surface area contributed by atoms with Gasteiger partial charge in [-0.25, -0.2) is 0 Å². The van der Waals surface area contributed by atoms with Crippen molar-refractivity contribution >= 4 is 29.5 Å². The van der Waals surface area contributed by atoms with Crippen LogP contribution in [-0.2, 0) is 11.8 Å². The van der Waals surface area contributed by atoms with E-state index >= 15 is 0 Å². The van der Waals surface area contributed by atoms with Gasteiger partial charge in [0.15, 0.2) is 3.95 Å². The van der Waals surface area contributed by atoms with Crippen molar-refractivity contribution in [3.05, 3.63) is 8.76 Å². The maximum absolute atomic E-state index is 10.6. The quantitative estimate of drug-likeness (QED) is 0.607. The molecular weight excluding hydrogens is 182 g/mol. The van der Waals surface area contributed by atoms with E-state index in [4.69, 9.17) is 12.2 Å². The van der Waals surface area contributed by atoms with E-state index in [0.29, 0.717) is 8.76 Å². The summed E-state index contributed by atoms with van der Waals surface area (Å²) in [7, 11) is 1.76. The first-order valence-corrected chi connectivity index (χ1v) is 4.13. The molecule has 0 radical (unpaired) electrons. The van der Waals surface area contributed by atoms with Crippen LogP contribution in [0.25, 0.3) is 0 Å². The summed E-state index contributed by atoms with van der Waals surface area (Å²) in [5, 5.41) is 2.82. The molecule has 0 aliphatic heterocycles. The Hall–Kier alpha value is -0.750. The molecule has 0 unspecified atom stereocenters. The number of aryl methyl sites for hydroxylation is 1. The molecule has 4 nitrogen and oxygen atoms in total. The Balaban J connectivity index is 3.34. The number of carbonyl (C=O) groups excluding carboxylic acids is 1. The van der Waals surface area contributed by atoms with Gasteiger partial charge in [0.05, 0.1) is 0 Å². The summed E-state index contributed by atoms with van der Waals surface area (Å²) >= 11 is 6.12. The van der Waals surface area contributed by atoms with Gasteiger partial charge in [0.25, 0.3) is 0 Å². The number of aromatic nitrogens is 2. The Morgan fingerprint density at radius 1 is 1.82 bits per heavy atom. The predicted molar refractivity (Wildman–Crippen MR) is 44.7 cm³/mol. The molecule has 1 amide bonds. The largest absolute Gasteiger partial charge is 0.278 e. The molecule has 6 heteroatoms. The van der Waals surface area contributed by atoms with Crippen molar-refractivity contribution in [3.8, 4) is 0 Å². The first-order chi connectivity index (χ1) is 5.09. The van der Waals surface area contributed by atoms with Gasteiger partial charge in [-0.1, -0.05) is 11.3 Å². The lowest BCUT2D eigenvalue weighted by atomic mass is 10.8. The molecule has 1 N–H and O–H groups in total. The minimum Gasteiger partial charge on any atom is -0.278 e. The van der Waals surface area contributed by atoms with Crippen LogP contribution < -0.4 is 4.80 Å². The smallest absolute Gasteiger partial charge is 0.245 e. The van der Waals surface area contributed by atoms with Crippen molar-refractivity contribution in [2.45, 2.75) is 6.92 Å². The molecule has 60 valence electrons. The molecule has 0 bridgehead atoms. The van der Waals surface area contributed by atoms with Gasteiger partial charge in [-0.2, -0.15) is 4.99 Å². The van der Waals surface area contributed by atoms with E-state index in [1.807, 2.05) is 0 Å². The van der Waals surface area contributed by atoms with Crippen LogP contribution in [0.5, 0.6) is 0 Å². The Labute approximate surface area is 72.2 Å². The van der Waals surface area contributed by atoms with E-state index in [0.717, 1.165) is 0 Å². The summed E-state index contributed by atoms with van der Waals surface area (Å²) in [5.74, 6) is -0.217. The van der Waals surface area contributed by atoms with Crippen LogP contribution in [0.2, 0.25) is 0 Å². The third-order valence-electron chi connectivity index (χ3n) is 0.983. The zero-order valence-electron chi connectivity index (χ0n) is 6.12. The standard InChI is InChI=1S/C5H7N3OS2/c1-3(9)6-4-8(2)7-5(10)11-4/h1-2H3,(H,7,10). The molecular formula is C5H7N3OS2. The molecule has 0 aliphatic rings. The highest BCUT2D eigenvalue weighted by atomic mass is 32.1. The second-order valence-corrected chi connectivity index (χ2v) is 3.62. The summed E-state index contributed by atoms with van der Waals surface area (Å²) in [6.07, 6.45) is 0. The van der Waals surface area contributed by atoms with Crippen LogP contribution in [0.3, 0.4) is 0 Å². The lowest BCUT2D eigenvalue weighted by Crippen LogP contribution is -2.13. The van der Waals surface area contributed by atoms with Gasteiger partial charge in [-0.3, -0.25) is 14.6 Å². The lowest BCUT2D eigenvalue weighted by Gasteiger charge is -1.85. The SMILES string of the molecule is CC(=O)N=c1sc(=S)[nH]n1C. The number of hydrogen-bond acceptors (Lipinski definition) is 3. The fourth-order valence-corrected chi connectivity index (χ4v) is 1.66. The molecule has 1 aromatic heterocycles. The average Bonchev–Trinajstić information content (AvgIpc) is 2.09. The highest BCUT2D eigenvalue weighted by molar-refractivity contribution is 7.73. The van der Waals surface area contributed by atoms with Crippen LogP contribution in [-0.4, -0.2) is 15.7 Å². The van der Waals surface area contributed by atoms with Crippen molar-refractivity contribution in [1.29, 1.82) is 0 Å². The van der Waals surface area contributed by atoms with Crippen molar-refractivity contribution in [2.75, 3.05) is 0 Å². The predicted octanol–water partition coefficient (Wildman–Crippen LogP) is 0.591. The molecule has 1 rings (SSSR count). The molecule has 0 saturated carbocycles. The Kier molecular flexibility index (Phi) is 2.35. The monoisotopic (exact) mass is 189 g/mol. The van der Waals surface area contributed by atoms with Gasteiger partial charge in [0.2, 0.25) is 10.7 Å². The van der Waals surface area contributed by atoms with Gasteiger partial charge in [0.1, 0.15) is 0 Å². The summed E-state index contributed by atoms with van der Waals surface area (Å²) in [6, 6.07) is 0. The van der Waals surface area contributed by atoms with E-state index < -0.39 is 0 Å². The van der Waals surface area contributed by atoms with Crippen molar-refractivity contribution in [1.82, 2.24) is 9.78 Å². The van der Waals surface area contributed by atoms with Crippen LogP contribution in [0, 0.1) is 3.95 Å². The van der Waals surface area contributed by atoms with Crippen molar-refractivity contribution < 1.29 is 4.79 Å². The molecule has 1 heterocycles. The molecule has 0 aromatic carbocycles. The van der Waals surface area contributed by atoms with Crippen LogP contribution >= 0.6 is 23.6 Å². The second kappa shape index (κ2) is 3.10. The van der Waals surface area contributed by atoms with Gasteiger partial charge in [-0.05, 0) is 12.2 Å². The zero-order valence-corrected chi connectivity index (χ0v) is 7.75. The fraction of sp³-hybridized carbons (Fsp3) is 0.400. The highest BCUT2D eigenvalue weighted by Gasteiger charge is 1.92. The van der Waals surface area contributed by atoms with Crippen molar-refractivity contribution in [2.24, 2.45) is 12.0 Å². The molecule has 0 aliphatic carbocycles. The molecule has 0 spiro atoms. The van der Waals surface area contributed by atoms with Crippen molar-refractivity contribution in [3.63, 3.8) is 0 Å². The topological polar surface area (TPSA) is 50.1 Å². The number of rotatable bonds is 0. The van der Waals surface area contributed by atoms with E-state index in [1.165, 1.54) is 18.3 Å². The lowest BCUT2D eigenvalue weighted by molar-refractivity contribution is -0.116. The zero-order chi connectivity index (χ0) is 8.43. The number of hydrogen-bond donors (Lipinski definition) is 1. The first-order valence-electron chi connectivity index (χ1n) is 2.91. The molecule has 0 atom stereocenters. The molecule has 1 aromatic rings. The van der Waals surface area contributed by atoms with Gasteiger partial charge in [-0.15, -0.1) is 0 Å². The summed E-state index contributed by atoms with van der Waals surface area (Å²) < 4.78 is 2.24. The fourth-order valence-electron chi connectivity index (χ4n) is 0.591. The number of amides is 1. The van der Waals surface area contributed by atoms with Gasteiger partial charge in [0, 0.05) is 14.0 Å². The van der Waals surface area contributed by atoms with Crippen LogP contribution in [0.4, 0.5) is 0 Å². The Morgan fingerprint density at radius 3 is 2.82 bits per heavy atom.